The van der Waals surface area contributed by atoms with E-state index in [9.17, 15) is 19.4 Å². The second kappa shape index (κ2) is 6.58. The van der Waals surface area contributed by atoms with E-state index in [1.54, 1.807) is 7.11 Å². The predicted octanol–water partition coefficient (Wildman–Crippen LogP) is 0.939. The van der Waals surface area contributed by atoms with Gasteiger partial charge in [0.15, 0.2) is 11.4 Å². The molecule has 3 rings (SSSR count). The zero-order valence-corrected chi connectivity index (χ0v) is 13.1. The molecule has 0 unspecified atom stereocenters. The summed E-state index contributed by atoms with van der Waals surface area (Å²) in [6.07, 6.45) is 1.66. The normalized spacial score (nSPS) is 20.5. The highest BCUT2D eigenvalue weighted by molar-refractivity contribution is 5.95. The number of ether oxygens (including phenoxy) is 1. The molecule has 1 saturated heterocycles. The van der Waals surface area contributed by atoms with Gasteiger partial charge >= 0.3 is 0 Å². The molecular formula is C16H18FN3O4. The predicted molar refractivity (Wildman–Crippen MR) is 82.5 cm³/mol. The number of aromatic nitrogens is 2. The molecule has 2 N–H and O–H groups in total. The molecular weight excluding hydrogens is 317 g/mol. The molecule has 7 nitrogen and oxygen atoms in total. The highest BCUT2D eigenvalue weighted by Crippen LogP contribution is 2.26. The number of hydrogen-bond acceptors (Lipinski definition) is 5. The third-order valence-corrected chi connectivity index (χ3v) is 4.17. The van der Waals surface area contributed by atoms with Crippen molar-refractivity contribution >= 4 is 5.91 Å². The van der Waals surface area contributed by atoms with Crippen LogP contribution in [0.4, 0.5) is 4.39 Å². The van der Waals surface area contributed by atoms with Crippen molar-refractivity contribution in [3.05, 3.63) is 42.0 Å². The first-order chi connectivity index (χ1) is 11.5. The van der Waals surface area contributed by atoms with Gasteiger partial charge in [0.05, 0.1) is 30.6 Å². The molecule has 2 aromatic rings. The number of aliphatic hydroxyl groups is 1. The van der Waals surface area contributed by atoms with Crippen LogP contribution >= 0.6 is 0 Å². The lowest BCUT2D eigenvalue weighted by Crippen LogP contribution is -2.38. The highest BCUT2D eigenvalue weighted by atomic mass is 19.1. The molecule has 24 heavy (non-hydrogen) atoms. The molecule has 0 aliphatic carbocycles. The Kier molecular flexibility index (Phi) is 4.50. The van der Waals surface area contributed by atoms with Gasteiger partial charge in [-0.25, -0.2) is 9.07 Å². The van der Waals surface area contributed by atoms with E-state index in [-0.39, 0.29) is 36.0 Å². The summed E-state index contributed by atoms with van der Waals surface area (Å²) in [4.78, 5) is 14.1. The molecule has 0 spiro atoms. The van der Waals surface area contributed by atoms with Gasteiger partial charge in [-0.3, -0.25) is 4.79 Å². The summed E-state index contributed by atoms with van der Waals surface area (Å²) in [5.41, 5.74) is 0.398. The summed E-state index contributed by atoms with van der Waals surface area (Å²) < 4.78 is 19.5. The fourth-order valence-electron chi connectivity index (χ4n) is 2.85. The topological polar surface area (TPSA) is 87.8 Å². The van der Waals surface area contributed by atoms with Crippen LogP contribution in [-0.4, -0.2) is 63.2 Å². The Morgan fingerprint density at radius 2 is 2.12 bits per heavy atom. The Hall–Kier alpha value is -2.45. The second-order valence-corrected chi connectivity index (χ2v) is 5.67. The number of carbonyl (C=O) groups is 1. The van der Waals surface area contributed by atoms with Crippen LogP contribution in [-0.2, 0) is 4.74 Å². The summed E-state index contributed by atoms with van der Waals surface area (Å²) >= 11 is 0. The van der Waals surface area contributed by atoms with Gasteiger partial charge in [-0.05, 0) is 30.7 Å². The van der Waals surface area contributed by atoms with Gasteiger partial charge in [0.2, 0.25) is 0 Å². The average molecular weight is 335 g/mol. The van der Waals surface area contributed by atoms with Crippen molar-refractivity contribution in [3.63, 3.8) is 0 Å². The Balaban J connectivity index is 1.87. The number of carbonyl (C=O) groups excluding carboxylic acids is 1. The number of amides is 1. The van der Waals surface area contributed by atoms with Gasteiger partial charge < -0.3 is 19.8 Å². The van der Waals surface area contributed by atoms with E-state index < -0.39 is 5.91 Å². The number of likely N-dealkylation sites (tertiary alicyclic amines) is 1. The zero-order chi connectivity index (χ0) is 17.3. The number of aromatic hydroxyl groups is 1. The standard InChI is InChI=1S/C16H18FN3O4/c1-24-13-6-12(9-21)19(7-13)16(23)15-14(22)8-20(18-15)11-4-2-10(17)3-5-11/h2-5,8,12-13,21-22H,6-7,9H2,1H3/t12-,13+/m0/s1. The van der Waals surface area contributed by atoms with E-state index >= 15 is 0 Å². The molecule has 8 heteroatoms. The smallest absolute Gasteiger partial charge is 0.278 e. The summed E-state index contributed by atoms with van der Waals surface area (Å²) in [6, 6.07) is 5.13. The van der Waals surface area contributed by atoms with E-state index in [1.165, 1.54) is 40.0 Å². The van der Waals surface area contributed by atoms with E-state index in [0.717, 1.165) is 0 Å². The van der Waals surface area contributed by atoms with Crippen LogP contribution in [0.3, 0.4) is 0 Å². The molecule has 128 valence electrons. The Morgan fingerprint density at radius 3 is 2.75 bits per heavy atom. The van der Waals surface area contributed by atoms with Crippen molar-refractivity contribution in [2.45, 2.75) is 18.6 Å². The minimum absolute atomic E-state index is 0.116. The largest absolute Gasteiger partial charge is 0.504 e. The monoisotopic (exact) mass is 335 g/mol. The molecule has 0 radical (unpaired) electrons. The van der Waals surface area contributed by atoms with Gasteiger partial charge in [0.1, 0.15) is 5.82 Å². The van der Waals surface area contributed by atoms with Crippen LogP contribution in [0.25, 0.3) is 5.69 Å². The Morgan fingerprint density at radius 1 is 1.42 bits per heavy atom. The molecule has 1 aromatic heterocycles. The van der Waals surface area contributed by atoms with Crippen molar-refractivity contribution < 1.29 is 24.1 Å². The van der Waals surface area contributed by atoms with Crippen molar-refractivity contribution in [3.8, 4) is 11.4 Å². The molecule has 0 bridgehead atoms. The third-order valence-electron chi connectivity index (χ3n) is 4.17. The SMILES string of the molecule is CO[C@@H]1C[C@@H](CO)N(C(=O)c2nn(-c3ccc(F)cc3)cc2O)C1. The highest BCUT2D eigenvalue weighted by Gasteiger charge is 2.37. The van der Waals surface area contributed by atoms with Crippen LogP contribution in [0.5, 0.6) is 5.75 Å². The van der Waals surface area contributed by atoms with Crippen molar-refractivity contribution in [1.29, 1.82) is 0 Å². The van der Waals surface area contributed by atoms with Gasteiger partial charge in [-0.1, -0.05) is 0 Å². The fraction of sp³-hybridized carbons (Fsp3) is 0.375. The molecule has 1 aromatic carbocycles. The Bertz CT molecular complexity index is 731. The summed E-state index contributed by atoms with van der Waals surface area (Å²) in [5.74, 6) is -1.14. The average Bonchev–Trinajstić information content (AvgIpc) is 3.18. The summed E-state index contributed by atoms with van der Waals surface area (Å²) in [6.45, 7) is 0.133. The van der Waals surface area contributed by atoms with Crippen LogP contribution in [0.2, 0.25) is 0 Å². The van der Waals surface area contributed by atoms with Crippen LogP contribution in [0, 0.1) is 5.82 Å². The maximum atomic E-state index is 13.0. The van der Waals surface area contributed by atoms with Crippen LogP contribution in [0.15, 0.2) is 30.5 Å². The second-order valence-electron chi connectivity index (χ2n) is 5.67. The summed E-state index contributed by atoms with van der Waals surface area (Å²) in [5, 5.41) is 23.6. The lowest BCUT2D eigenvalue weighted by molar-refractivity contribution is 0.0639. The molecule has 2 atom stereocenters. The Labute approximate surface area is 137 Å². The van der Waals surface area contributed by atoms with Crippen molar-refractivity contribution in [1.82, 2.24) is 14.7 Å². The molecule has 2 heterocycles. The van der Waals surface area contributed by atoms with Crippen molar-refractivity contribution in [2.24, 2.45) is 0 Å². The number of rotatable bonds is 4. The van der Waals surface area contributed by atoms with Crippen molar-refractivity contribution in [2.75, 3.05) is 20.3 Å². The van der Waals surface area contributed by atoms with E-state index in [1.807, 2.05) is 0 Å². The van der Waals surface area contributed by atoms with Gasteiger partial charge in [0, 0.05) is 13.7 Å². The quantitative estimate of drug-likeness (QED) is 0.868. The van der Waals surface area contributed by atoms with E-state index in [2.05, 4.69) is 5.10 Å². The molecule has 0 saturated carbocycles. The molecule has 1 fully saturated rings. The van der Waals surface area contributed by atoms with Gasteiger partial charge in [-0.2, -0.15) is 5.10 Å². The number of hydrogen-bond donors (Lipinski definition) is 2. The summed E-state index contributed by atoms with van der Waals surface area (Å²) in [7, 11) is 1.55. The molecule has 1 aliphatic rings. The maximum absolute atomic E-state index is 13.0. The number of halogens is 1. The lowest BCUT2D eigenvalue weighted by Gasteiger charge is -2.21. The third kappa shape index (κ3) is 2.98. The molecule has 1 amide bonds. The van der Waals surface area contributed by atoms with E-state index in [0.29, 0.717) is 18.7 Å². The zero-order valence-electron chi connectivity index (χ0n) is 13.1. The van der Waals surface area contributed by atoms with Gasteiger partial charge in [0.25, 0.3) is 5.91 Å². The lowest BCUT2D eigenvalue weighted by atomic mass is 10.2. The van der Waals surface area contributed by atoms with Crippen LogP contribution < -0.4 is 0 Å². The number of aliphatic hydroxyl groups excluding tert-OH is 1. The molecule has 1 aliphatic heterocycles. The van der Waals surface area contributed by atoms with Crippen LogP contribution in [0.1, 0.15) is 16.9 Å². The number of methoxy groups -OCH3 is 1. The minimum atomic E-state index is -0.480. The van der Waals surface area contributed by atoms with Gasteiger partial charge in [-0.15, -0.1) is 0 Å². The first-order valence-electron chi connectivity index (χ1n) is 7.52. The number of benzene rings is 1. The maximum Gasteiger partial charge on any atom is 0.278 e. The van der Waals surface area contributed by atoms with E-state index in [4.69, 9.17) is 4.74 Å². The minimum Gasteiger partial charge on any atom is -0.504 e. The first kappa shape index (κ1) is 16.4. The number of nitrogens with zero attached hydrogens (tertiary/aromatic N) is 3. The first-order valence-corrected chi connectivity index (χ1v) is 7.52. The fourth-order valence-corrected chi connectivity index (χ4v) is 2.85.